The number of aromatic hydroxyl groups is 1. The Hall–Kier alpha value is -1.18. The summed E-state index contributed by atoms with van der Waals surface area (Å²) in [6.07, 6.45) is 11.9. The average Bonchev–Trinajstić information content (AvgIpc) is 2.96. The molecule has 2 nitrogen and oxygen atoms in total. The molecule has 0 fully saturated rings. The van der Waals surface area contributed by atoms with Crippen LogP contribution in [-0.2, 0) is 0 Å². The monoisotopic (exact) mass is 430 g/mol. The van der Waals surface area contributed by atoms with Gasteiger partial charge in [-0.3, -0.25) is 0 Å². The van der Waals surface area contributed by atoms with Gasteiger partial charge < -0.3 is 9.84 Å². The van der Waals surface area contributed by atoms with Gasteiger partial charge in [-0.05, 0) is 75.0 Å². The first kappa shape index (κ1) is 26.1. The number of phenols is 1. The Morgan fingerprint density at radius 1 is 0.806 bits per heavy atom. The first-order chi connectivity index (χ1) is 14.5. The van der Waals surface area contributed by atoms with Crippen LogP contribution < -0.4 is 4.74 Å². The molecule has 0 radical (unpaired) electrons. The third-order valence-electron chi connectivity index (χ3n) is 8.19. The lowest BCUT2D eigenvalue weighted by Gasteiger charge is -2.29. The smallest absolute Gasteiger partial charge is 0.127 e. The van der Waals surface area contributed by atoms with E-state index in [9.17, 15) is 5.11 Å². The van der Waals surface area contributed by atoms with E-state index in [4.69, 9.17) is 4.74 Å². The molecule has 178 valence electrons. The molecular formula is C29H50O2. The van der Waals surface area contributed by atoms with Crippen molar-refractivity contribution in [2.24, 2.45) is 17.8 Å². The predicted molar refractivity (Wildman–Crippen MR) is 134 cm³/mol. The fourth-order valence-corrected chi connectivity index (χ4v) is 5.46. The second kappa shape index (κ2) is 11.1. The van der Waals surface area contributed by atoms with Crippen molar-refractivity contribution < 1.29 is 9.84 Å². The van der Waals surface area contributed by atoms with Gasteiger partial charge in [-0.15, -0.1) is 0 Å². The lowest BCUT2D eigenvalue weighted by molar-refractivity contribution is 0.0786. The highest BCUT2D eigenvalue weighted by Gasteiger charge is 2.44. The summed E-state index contributed by atoms with van der Waals surface area (Å²) in [5.74, 6) is 4.30. The summed E-state index contributed by atoms with van der Waals surface area (Å²) in [5.41, 5.74) is 4.13. The van der Waals surface area contributed by atoms with Crippen LogP contribution in [0.25, 0.3) is 0 Å². The Morgan fingerprint density at radius 3 is 1.87 bits per heavy atom. The Labute approximate surface area is 193 Å². The molecule has 31 heavy (non-hydrogen) atoms. The van der Waals surface area contributed by atoms with Crippen molar-refractivity contribution in [3.8, 4) is 11.5 Å². The minimum Gasteiger partial charge on any atom is -0.507 e. The largest absolute Gasteiger partial charge is 0.507 e. The van der Waals surface area contributed by atoms with Crippen molar-refractivity contribution in [2.75, 3.05) is 0 Å². The third kappa shape index (κ3) is 6.42. The third-order valence-corrected chi connectivity index (χ3v) is 8.19. The normalized spacial score (nSPS) is 22.5. The van der Waals surface area contributed by atoms with Crippen LogP contribution in [0.15, 0.2) is 0 Å². The number of phenolic OH excluding ortho intramolecular Hbond substituents is 1. The molecular weight excluding hydrogens is 380 g/mol. The number of hydrogen-bond donors (Lipinski definition) is 1. The van der Waals surface area contributed by atoms with E-state index in [2.05, 4.69) is 48.5 Å². The molecule has 0 aliphatic carbocycles. The van der Waals surface area contributed by atoms with E-state index in [0.29, 0.717) is 11.7 Å². The van der Waals surface area contributed by atoms with Gasteiger partial charge in [0.1, 0.15) is 17.1 Å². The topological polar surface area (TPSA) is 29.5 Å². The van der Waals surface area contributed by atoms with Crippen LogP contribution in [-0.4, -0.2) is 10.7 Å². The second-order valence-corrected chi connectivity index (χ2v) is 11.5. The van der Waals surface area contributed by atoms with Crippen LogP contribution in [0.1, 0.15) is 128 Å². The zero-order valence-corrected chi connectivity index (χ0v) is 22.0. The summed E-state index contributed by atoms with van der Waals surface area (Å²) in [7, 11) is 0. The number of fused-ring (bicyclic) bond motifs is 1. The molecule has 1 N–H and O–H groups in total. The van der Waals surface area contributed by atoms with Gasteiger partial charge in [-0.1, -0.05) is 79.6 Å². The van der Waals surface area contributed by atoms with Crippen molar-refractivity contribution in [2.45, 2.75) is 132 Å². The van der Waals surface area contributed by atoms with Crippen LogP contribution in [0.4, 0.5) is 0 Å². The molecule has 0 amide bonds. The molecule has 0 spiro atoms. The van der Waals surface area contributed by atoms with Gasteiger partial charge >= 0.3 is 0 Å². The molecule has 1 aliphatic heterocycles. The Kier molecular flexibility index (Phi) is 9.34. The summed E-state index contributed by atoms with van der Waals surface area (Å²) in [5, 5.41) is 10.5. The fraction of sp³-hybridized carbons (Fsp3) is 0.793. The molecule has 0 saturated carbocycles. The van der Waals surface area contributed by atoms with Gasteiger partial charge in [0, 0.05) is 11.5 Å². The summed E-state index contributed by atoms with van der Waals surface area (Å²) in [6, 6.07) is 0. The van der Waals surface area contributed by atoms with Crippen molar-refractivity contribution in [1.29, 1.82) is 0 Å². The van der Waals surface area contributed by atoms with E-state index in [1.165, 1.54) is 56.9 Å². The molecule has 2 unspecified atom stereocenters. The lowest BCUT2D eigenvalue weighted by atomic mass is 9.80. The predicted octanol–water partition coefficient (Wildman–Crippen LogP) is 9.01. The van der Waals surface area contributed by atoms with Gasteiger partial charge in [-0.25, -0.2) is 0 Å². The van der Waals surface area contributed by atoms with Crippen molar-refractivity contribution in [1.82, 2.24) is 0 Å². The number of benzene rings is 1. The van der Waals surface area contributed by atoms with E-state index in [1.807, 2.05) is 13.8 Å². The highest BCUT2D eigenvalue weighted by atomic mass is 16.5. The standard InChI is InChI=1S/C29H50O2/c1-19(2)13-10-14-20(3)15-11-16-21(4)17-12-18-29(9)25(8)26-24(7)27(30)22(5)23(6)28(26)31-29/h19-21,25,30H,10-18H2,1-9H3/t20?,21?,25-,29-/m0/s1. The maximum atomic E-state index is 10.5. The van der Waals surface area contributed by atoms with Crippen LogP contribution in [0.2, 0.25) is 0 Å². The zero-order chi connectivity index (χ0) is 23.3. The lowest BCUT2D eigenvalue weighted by Crippen LogP contribution is -2.33. The summed E-state index contributed by atoms with van der Waals surface area (Å²) >= 11 is 0. The van der Waals surface area contributed by atoms with Crippen molar-refractivity contribution >= 4 is 0 Å². The van der Waals surface area contributed by atoms with Crippen LogP contribution in [0, 0.1) is 38.5 Å². The van der Waals surface area contributed by atoms with E-state index in [1.54, 1.807) is 0 Å². The number of ether oxygens (including phenoxy) is 1. The van der Waals surface area contributed by atoms with Crippen LogP contribution in [0.3, 0.4) is 0 Å². The van der Waals surface area contributed by atoms with E-state index >= 15 is 0 Å². The molecule has 0 saturated heterocycles. The fourth-order valence-electron chi connectivity index (χ4n) is 5.46. The molecule has 1 aromatic carbocycles. The van der Waals surface area contributed by atoms with E-state index in [-0.39, 0.29) is 5.60 Å². The molecule has 0 aromatic heterocycles. The maximum absolute atomic E-state index is 10.5. The maximum Gasteiger partial charge on any atom is 0.127 e. The molecule has 1 aliphatic rings. The highest BCUT2D eigenvalue weighted by Crippen LogP contribution is 2.52. The van der Waals surface area contributed by atoms with E-state index < -0.39 is 0 Å². The quantitative estimate of drug-likeness (QED) is 0.358. The molecule has 2 heteroatoms. The Balaban J connectivity index is 1.78. The number of rotatable bonds is 12. The Bertz CT molecular complexity index is 720. The summed E-state index contributed by atoms with van der Waals surface area (Å²) in [6.45, 7) is 20.2. The molecule has 2 rings (SSSR count). The number of hydrogen-bond acceptors (Lipinski definition) is 2. The molecule has 4 atom stereocenters. The van der Waals surface area contributed by atoms with Gasteiger partial charge in [0.05, 0.1) is 0 Å². The SMILES string of the molecule is Cc1c(C)c2c(c(C)c1O)[C@H](C)[C@](C)(CCCC(C)CCCC(C)CCCC(C)C)O2. The average molecular weight is 431 g/mol. The molecule has 1 heterocycles. The molecule has 0 bridgehead atoms. The van der Waals surface area contributed by atoms with E-state index in [0.717, 1.165) is 46.6 Å². The van der Waals surface area contributed by atoms with Gasteiger partial charge in [0.15, 0.2) is 0 Å². The summed E-state index contributed by atoms with van der Waals surface area (Å²) in [4.78, 5) is 0. The zero-order valence-electron chi connectivity index (χ0n) is 22.0. The van der Waals surface area contributed by atoms with Gasteiger partial charge in [0.2, 0.25) is 0 Å². The minimum absolute atomic E-state index is 0.164. The van der Waals surface area contributed by atoms with Crippen LogP contribution in [0.5, 0.6) is 11.5 Å². The summed E-state index contributed by atoms with van der Waals surface area (Å²) < 4.78 is 6.59. The Morgan fingerprint density at radius 2 is 1.32 bits per heavy atom. The van der Waals surface area contributed by atoms with Crippen molar-refractivity contribution in [3.05, 3.63) is 22.3 Å². The van der Waals surface area contributed by atoms with Gasteiger partial charge in [-0.2, -0.15) is 0 Å². The van der Waals surface area contributed by atoms with Crippen molar-refractivity contribution in [3.63, 3.8) is 0 Å². The first-order valence-electron chi connectivity index (χ1n) is 13.0. The second-order valence-electron chi connectivity index (χ2n) is 11.5. The van der Waals surface area contributed by atoms with Gasteiger partial charge in [0.25, 0.3) is 0 Å². The molecule has 1 aromatic rings. The highest BCUT2D eigenvalue weighted by molar-refractivity contribution is 5.61. The first-order valence-corrected chi connectivity index (χ1v) is 13.0. The minimum atomic E-state index is -0.164. The van der Waals surface area contributed by atoms with Crippen LogP contribution >= 0.6 is 0 Å².